The van der Waals surface area contributed by atoms with Crippen LogP contribution in [0.3, 0.4) is 0 Å². The fraction of sp³-hybridized carbons (Fsp3) is 0.190. The Morgan fingerprint density at radius 3 is 2.69 bits per heavy atom. The summed E-state index contributed by atoms with van der Waals surface area (Å²) in [5, 5.41) is 11.3. The predicted octanol–water partition coefficient (Wildman–Crippen LogP) is 3.19. The van der Waals surface area contributed by atoms with Gasteiger partial charge in [-0.25, -0.2) is 14.4 Å². The number of benzene rings is 1. The molecule has 1 fully saturated rings. The lowest BCUT2D eigenvalue weighted by molar-refractivity contribution is 0.0950. The van der Waals surface area contributed by atoms with Crippen LogP contribution in [0.2, 0.25) is 0 Å². The maximum absolute atomic E-state index is 14.6. The maximum atomic E-state index is 14.6. The Morgan fingerprint density at radius 1 is 1.14 bits per heavy atom. The molecule has 0 aliphatic heterocycles. The average Bonchev–Trinajstić information content (AvgIpc) is 3.45. The lowest BCUT2D eigenvalue weighted by atomic mass is 9.98. The minimum absolute atomic E-state index is 0.211. The van der Waals surface area contributed by atoms with Gasteiger partial charge in [0.2, 0.25) is 0 Å². The van der Waals surface area contributed by atoms with Crippen molar-refractivity contribution in [2.75, 3.05) is 0 Å². The Kier molecular flexibility index (Phi) is 4.04. The zero-order valence-electron chi connectivity index (χ0n) is 15.6. The van der Waals surface area contributed by atoms with E-state index >= 15 is 0 Å². The van der Waals surface area contributed by atoms with Crippen molar-refractivity contribution in [1.82, 2.24) is 29.9 Å². The van der Waals surface area contributed by atoms with Gasteiger partial charge in [0, 0.05) is 30.2 Å². The molecule has 0 atom stereocenters. The van der Waals surface area contributed by atoms with Crippen LogP contribution in [0, 0.1) is 12.7 Å². The normalized spacial score (nSPS) is 13.6. The summed E-state index contributed by atoms with van der Waals surface area (Å²) in [4.78, 5) is 20.4. The Balaban J connectivity index is 1.56. The van der Waals surface area contributed by atoms with Crippen LogP contribution in [0.15, 0.2) is 49.2 Å². The molecule has 0 radical (unpaired) electrons. The van der Waals surface area contributed by atoms with Gasteiger partial charge in [0.05, 0.1) is 5.56 Å². The molecule has 144 valence electrons. The highest BCUT2D eigenvalue weighted by atomic mass is 19.1. The average molecular weight is 388 g/mol. The van der Waals surface area contributed by atoms with Crippen molar-refractivity contribution in [2.45, 2.75) is 25.8 Å². The van der Waals surface area contributed by atoms with Crippen LogP contribution in [0.25, 0.3) is 28.2 Å². The molecule has 1 N–H and O–H groups in total. The van der Waals surface area contributed by atoms with Gasteiger partial charge in [0.15, 0.2) is 11.5 Å². The van der Waals surface area contributed by atoms with Gasteiger partial charge in [-0.15, -0.1) is 10.2 Å². The summed E-state index contributed by atoms with van der Waals surface area (Å²) in [5.74, 6) is -0.0397. The quantitative estimate of drug-likeness (QED) is 0.580. The van der Waals surface area contributed by atoms with Crippen LogP contribution < -0.4 is 5.32 Å². The minimum atomic E-state index is -0.410. The second-order valence-corrected chi connectivity index (χ2v) is 7.17. The van der Waals surface area contributed by atoms with Crippen molar-refractivity contribution >= 4 is 11.6 Å². The van der Waals surface area contributed by atoms with E-state index in [0.717, 1.165) is 24.0 Å². The SMILES string of the molecule is Cc1c(F)cc(C(=O)NC2CC2)cc1-c1ccn2c(-c3cncnc3)nnc2c1. The standard InChI is InChI=1S/C21H17FN6O/c1-12-17(6-14(7-18(12)22)21(29)25-16-2-3-16)13-4-5-28-19(8-13)26-27-20(28)15-9-23-11-24-10-15/h4-11,16H,2-3H2,1H3,(H,25,29). The third-order valence-corrected chi connectivity index (χ3v) is 5.06. The largest absolute Gasteiger partial charge is 0.349 e. The van der Waals surface area contributed by atoms with Crippen LogP contribution in [0.5, 0.6) is 0 Å². The number of hydrogen-bond donors (Lipinski definition) is 1. The molecule has 0 unspecified atom stereocenters. The Bertz CT molecular complexity index is 1230. The smallest absolute Gasteiger partial charge is 0.251 e. The van der Waals surface area contributed by atoms with Crippen molar-refractivity contribution in [3.8, 4) is 22.5 Å². The number of carbonyl (C=O) groups is 1. The van der Waals surface area contributed by atoms with E-state index in [1.54, 1.807) is 25.4 Å². The van der Waals surface area contributed by atoms with Gasteiger partial charge in [0.1, 0.15) is 12.1 Å². The summed E-state index contributed by atoms with van der Waals surface area (Å²) < 4.78 is 16.4. The Labute approximate surface area is 165 Å². The molecule has 1 aliphatic carbocycles. The number of rotatable bonds is 4. The molecule has 0 saturated heterocycles. The third-order valence-electron chi connectivity index (χ3n) is 5.06. The second-order valence-electron chi connectivity index (χ2n) is 7.17. The molecule has 8 heteroatoms. The monoisotopic (exact) mass is 388 g/mol. The molecule has 1 amide bonds. The van der Waals surface area contributed by atoms with Gasteiger partial charge in [-0.05, 0) is 60.7 Å². The molecule has 3 heterocycles. The highest BCUT2D eigenvalue weighted by molar-refractivity contribution is 5.96. The first-order valence-corrected chi connectivity index (χ1v) is 9.32. The van der Waals surface area contributed by atoms with Crippen LogP contribution in [-0.2, 0) is 0 Å². The van der Waals surface area contributed by atoms with Crippen molar-refractivity contribution in [1.29, 1.82) is 0 Å². The lowest BCUT2D eigenvalue weighted by Gasteiger charge is -2.11. The number of carbonyl (C=O) groups excluding carboxylic acids is 1. The summed E-state index contributed by atoms with van der Waals surface area (Å²) in [7, 11) is 0. The van der Waals surface area contributed by atoms with Gasteiger partial charge in [0.25, 0.3) is 5.91 Å². The zero-order valence-corrected chi connectivity index (χ0v) is 15.6. The van der Waals surface area contributed by atoms with Gasteiger partial charge in [-0.3, -0.25) is 9.20 Å². The predicted molar refractivity (Wildman–Crippen MR) is 105 cm³/mol. The molecule has 3 aromatic heterocycles. The van der Waals surface area contributed by atoms with Crippen LogP contribution >= 0.6 is 0 Å². The van der Waals surface area contributed by atoms with Gasteiger partial charge >= 0.3 is 0 Å². The number of hydrogen-bond acceptors (Lipinski definition) is 5. The summed E-state index contributed by atoms with van der Waals surface area (Å²) in [6.07, 6.45) is 8.56. The van der Waals surface area contributed by atoms with E-state index in [2.05, 4.69) is 25.5 Å². The molecule has 1 saturated carbocycles. The van der Waals surface area contributed by atoms with Crippen molar-refractivity contribution < 1.29 is 9.18 Å². The summed E-state index contributed by atoms with van der Waals surface area (Å²) >= 11 is 0. The number of pyridine rings is 1. The molecule has 0 bridgehead atoms. The van der Waals surface area contributed by atoms with E-state index < -0.39 is 5.82 Å². The highest BCUT2D eigenvalue weighted by Gasteiger charge is 2.24. The second kappa shape index (κ2) is 6.73. The highest BCUT2D eigenvalue weighted by Crippen LogP contribution is 2.29. The summed E-state index contributed by atoms with van der Waals surface area (Å²) in [6, 6.07) is 6.91. The summed E-state index contributed by atoms with van der Waals surface area (Å²) in [5.41, 5.74) is 3.56. The van der Waals surface area contributed by atoms with E-state index in [1.807, 2.05) is 22.7 Å². The molecule has 1 aromatic carbocycles. The van der Waals surface area contributed by atoms with Gasteiger partial charge < -0.3 is 5.32 Å². The number of aromatic nitrogens is 5. The number of nitrogens with one attached hydrogen (secondary N) is 1. The number of fused-ring (bicyclic) bond motifs is 1. The van der Waals surface area contributed by atoms with Crippen LogP contribution in [-0.4, -0.2) is 36.5 Å². The van der Waals surface area contributed by atoms with Crippen molar-refractivity contribution in [2.24, 2.45) is 0 Å². The lowest BCUT2D eigenvalue weighted by Crippen LogP contribution is -2.25. The molecule has 4 aromatic rings. The van der Waals surface area contributed by atoms with Crippen LogP contribution in [0.1, 0.15) is 28.8 Å². The first kappa shape index (κ1) is 17.4. The van der Waals surface area contributed by atoms with E-state index in [0.29, 0.717) is 28.2 Å². The molecule has 0 spiro atoms. The first-order valence-electron chi connectivity index (χ1n) is 9.32. The van der Waals surface area contributed by atoms with E-state index in [1.165, 1.54) is 12.4 Å². The number of halogens is 1. The minimum Gasteiger partial charge on any atom is -0.349 e. The topological polar surface area (TPSA) is 85.1 Å². The fourth-order valence-electron chi connectivity index (χ4n) is 3.28. The zero-order chi connectivity index (χ0) is 20.0. The summed E-state index contributed by atoms with van der Waals surface area (Å²) in [6.45, 7) is 1.70. The van der Waals surface area contributed by atoms with E-state index in [9.17, 15) is 9.18 Å². The van der Waals surface area contributed by atoms with Crippen LogP contribution in [0.4, 0.5) is 4.39 Å². The molecule has 5 rings (SSSR count). The number of nitrogens with zero attached hydrogens (tertiary/aromatic N) is 5. The Morgan fingerprint density at radius 2 is 1.93 bits per heavy atom. The molecular formula is C21H17FN6O. The third kappa shape index (κ3) is 3.22. The maximum Gasteiger partial charge on any atom is 0.251 e. The van der Waals surface area contributed by atoms with Crippen molar-refractivity contribution in [3.63, 3.8) is 0 Å². The Hall–Kier alpha value is -3.68. The number of amides is 1. The molecule has 7 nitrogen and oxygen atoms in total. The van der Waals surface area contributed by atoms with Crippen molar-refractivity contribution in [3.05, 3.63) is 66.1 Å². The fourth-order valence-corrected chi connectivity index (χ4v) is 3.28. The van der Waals surface area contributed by atoms with E-state index in [-0.39, 0.29) is 11.9 Å². The molecule has 29 heavy (non-hydrogen) atoms. The van der Waals surface area contributed by atoms with Gasteiger partial charge in [-0.1, -0.05) is 0 Å². The van der Waals surface area contributed by atoms with Gasteiger partial charge in [-0.2, -0.15) is 0 Å². The molecular weight excluding hydrogens is 371 g/mol. The molecule has 1 aliphatic rings. The first-order chi connectivity index (χ1) is 14.1. The van der Waals surface area contributed by atoms with E-state index in [4.69, 9.17) is 0 Å².